The number of halogens is 7. The van der Waals surface area contributed by atoms with Crippen molar-refractivity contribution >= 4 is 21.7 Å². The molecule has 0 fully saturated rings. The molecule has 3 nitrogen and oxygen atoms in total. The van der Waals surface area contributed by atoms with Crippen LogP contribution in [0.25, 0.3) is 22.3 Å². The van der Waals surface area contributed by atoms with Gasteiger partial charge in [-0.25, -0.2) is 22.0 Å². The van der Waals surface area contributed by atoms with Gasteiger partial charge in [0.05, 0.1) is 5.02 Å². The lowest BCUT2D eigenvalue weighted by Gasteiger charge is -2.23. The van der Waals surface area contributed by atoms with E-state index in [9.17, 15) is 30.4 Å². The van der Waals surface area contributed by atoms with Gasteiger partial charge in [0.25, 0.3) is 3.57 Å². The second-order valence-corrected chi connectivity index (χ2v) is 10.3. The summed E-state index contributed by atoms with van der Waals surface area (Å²) in [5.74, 6) is -12.2. The molecule has 0 atom stereocenters. The highest BCUT2D eigenvalue weighted by Crippen LogP contribution is 2.47. The van der Waals surface area contributed by atoms with Crippen molar-refractivity contribution < 1.29 is 54.5 Å². The van der Waals surface area contributed by atoms with Crippen LogP contribution in [0.2, 0.25) is 5.02 Å². The molecule has 11 heteroatoms. The fraction of sp³-hybridized carbons (Fsp3) is 0. The van der Waals surface area contributed by atoms with Crippen LogP contribution in [0, 0.1) is 32.7 Å². The van der Waals surface area contributed by atoms with Gasteiger partial charge in [0, 0.05) is 5.56 Å². The van der Waals surface area contributed by atoms with E-state index in [0.717, 1.165) is 16.7 Å². The Morgan fingerprint density at radius 2 is 1.31 bits per heavy atom. The smallest absolute Gasteiger partial charge is 0.202 e. The molecule has 0 radical (unpaired) electrons. The van der Waals surface area contributed by atoms with Gasteiger partial charge >= 0.3 is 31.7 Å². The largest absolute Gasteiger partial charge is 0.543 e. The van der Waals surface area contributed by atoms with Crippen molar-refractivity contribution in [2.45, 2.75) is 4.90 Å². The fourth-order valence-electron chi connectivity index (χ4n) is 2.90. The lowest BCUT2D eigenvalue weighted by atomic mass is 9.81. The van der Waals surface area contributed by atoms with E-state index in [4.69, 9.17) is 14.1 Å². The monoisotopic (exact) mass is 559 g/mol. The Balaban J connectivity index is 1.73. The van der Waals surface area contributed by atoms with Crippen molar-refractivity contribution in [3.8, 4) is 22.3 Å². The van der Waals surface area contributed by atoms with Crippen LogP contribution < -0.4 is 21.6 Å². The standard InChI is InChI=1S/C18H6ClF5IO3S/c19-10-6-5-9-7-3-1-2-4-8(7)11(9)17(10)25-28-29(26,27)18-15(23)13(21)12(20)14(22)16(18)24/h1-6H/q+1. The molecule has 1 aliphatic carbocycles. The van der Waals surface area contributed by atoms with Crippen LogP contribution >= 0.6 is 11.6 Å². The maximum atomic E-state index is 13.9. The Bertz CT molecular complexity index is 1270. The highest BCUT2D eigenvalue weighted by Gasteiger charge is 2.42. The summed E-state index contributed by atoms with van der Waals surface area (Å²) >= 11 is 4.18. The summed E-state index contributed by atoms with van der Waals surface area (Å²) in [6.45, 7) is 0. The first kappa shape index (κ1) is 20.5. The predicted octanol–water partition coefficient (Wildman–Crippen LogP) is 2.26. The summed E-state index contributed by atoms with van der Waals surface area (Å²) in [6, 6.07) is 10.4. The molecule has 0 spiro atoms. The van der Waals surface area contributed by atoms with Gasteiger partial charge in [0.2, 0.25) is 5.82 Å². The quantitative estimate of drug-likeness (QED) is 0.167. The highest BCUT2D eigenvalue weighted by molar-refractivity contribution is 7.86. The Hall–Kier alpha value is -1.76. The van der Waals surface area contributed by atoms with E-state index < -0.39 is 65.7 Å². The highest BCUT2D eigenvalue weighted by atomic mass is 127. The van der Waals surface area contributed by atoms with Gasteiger partial charge in [-0.3, -0.25) is 0 Å². The minimum Gasteiger partial charge on any atom is -0.202 e. The average molecular weight is 560 g/mol. The van der Waals surface area contributed by atoms with Crippen LogP contribution in [-0.4, -0.2) is 8.42 Å². The molecule has 0 heterocycles. The minimum absolute atomic E-state index is 0.165. The lowest BCUT2D eigenvalue weighted by molar-refractivity contribution is -0.836. The van der Waals surface area contributed by atoms with Crippen LogP contribution in [0.4, 0.5) is 22.0 Å². The molecule has 0 amide bonds. The Morgan fingerprint density at radius 1 is 0.759 bits per heavy atom. The molecule has 0 saturated carbocycles. The van der Waals surface area contributed by atoms with E-state index in [1.807, 2.05) is 12.1 Å². The van der Waals surface area contributed by atoms with Crippen LogP contribution in [0.1, 0.15) is 0 Å². The molecule has 0 N–H and O–H groups in total. The third-order valence-corrected chi connectivity index (χ3v) is 9.43. The Morgan fingerprint density at radius 3 is 1.93 bits per heavy atom. The summed E-state index contributed by atoms with van der Waals surface area (Å²) in [5, 5.41) is 0.165. The molecule has 0 aromatic heterocycles. The van der Waals surface area contributed by atoms with Crippen LogP contribution in [-0.2, 0) is 12.6 Å². The molecule has 0 saturated heterocycles. The maximum Gasteiger partial charge on any atom is 0.543 e. The Kier molecular flexibility index (Phi) is 5.08. The van der Waals surface area contributed by atoms with Gasteiger partial charge in [-0.15, -0.1) is 0 Å². The van der Waals surface area contributed by atoms with E-state index >= 15 is 0 Å². The maximum absolute atomic E-state index is 13.9. The van der Waals surface area contributed by atoms with Crippen molar-refractivity contribution in [1.29, 1.82) is 0 Å². The lowest BCUT2D eigenvalue weighted by Crippen LogP contribution is -3.62. The number of hydrogen-bond acceptors (Lipinski definition) is 3. The fourth-order valence-corrected chi connectivity index (χ4v) is 7.06. The number of rotatable bonds is 4. The van der Waals surface area contributed by atoms with E-state index in [-0.39, 0.29) is 5.02 Å². The zero-order valence-corrected chi connectivity index (χ0v) is 17.5. The normalized spacial score (nSPS) is 12.3. The van der Waals surface area contributed by atoms with Gasteiger partial charge < -0.3 is 0 Å². The first-order valence-electron chi connectivity index (χ1n) is 7.67. The van der Waals surface area contributed by atoms with Crippen molar-refractivity contribution in [1.82, 2.24) is 0 Å². The molecule has 0 aliphatic heterocycles. The van der Waals surface area contributed by atoms with E-state index in [0.29, 0.717) is 9.13 Å². The molecule has 0 bridgehead atoms. The molecular formula is C18H6ClF5IO3S+. The summed E-state index contributed by atoms with van der Waals surface area (Å²) in [7, 11) is -5.29. The van der Waals surface area contributed by atoms with Gasteiger partial charge in [0.1, 0.15) is 0 Å². The van der Waals surface area contributed by atoms with Gasteiger partial charge in [-0.05, 0) is 25.3 Å². The van der Waals surface area contributed by atoms with Crippen molar-refractivity contribution in [2.24, 2.45) is 0 Å². The Labute approximate surface area is 177 Å². The van der Waals surface area contributed by atoms with Crippen molar-refractivity contribution in [3.05, 3.63) is 74.1 Å². The zero-order chi connectivity index (χ0) is 21.1. The third kappa shape index (κ3) is 3.13. The molecular weight excluding hydrogens is 554 g/mol. The minimum atomic E-state index is -5.29. The van der Waals surface area contributed by atoms with Gasteiger partial charge in [0.15, 0.2) is 28.2 Å². The van der Waals surface area contributed by atoms with Gasteiger partial charge in [-0.1, -0.05) is 41.9 Å². The van der Waals surface area contributed by atoms with Crippen LogP contribution in [0.5, 0.6) is 0 Å². The molecule has 1 aliphatic rings. The van der Waals surface area contributed by atoms with E-state index in [1.165, 1.54) is 6.07 Å². The SMILES string of the molecule is O=S(=O)(O[I+]c1c(Cl)ccc2c1-c1ccccc1-2)c1c(F)c(F)c(F)c(F)c1F. The molecule has 3 aromatic rings. The van der Waals surface area contributed by atoms with Crippen LogP contribution in [0.3, 0.4) is 0 Å². The molecule has 0 unspecified atom stereocenters. The number of fused-ring (bicyclic) bond motifs is 4. The second kappa shape index (κ2) is 7.18. The predicted molar refractivity (Wildman–Crippen MR) is 89.1 cm³/mol. The molecule has 150 valence electrons. The first-order valence-corrected chi connectivity index (χ1v) is 11.4. The summed E-state index contributed by atoms with van der Waals surface area (Å²) in [4.78, 5) is -2.03. The number of hydrogen-bond donors (Lipinski definition) is 0. The van der Waals surface area contributed by atoms with Crippen molar-refractivity contribution in [2.75, 3.05) is 0 Å². The summed E-state index contributed by atoms with van der Waals surface area (Å²) in [6.07, 6.45) is 0. The van der Waals surface area contributed by atoms with E-state index in [2.05, 4.69) is 0 Å². The molecule has 29 heavy (non-hydrogen) atoms. The first-order chi connectivity index (χ1) is 13.6. The summed E-state index contributed by atoms with van der Waals surface area (Å²) < 4.78 is 97.2. The summed E-state index contributed by atoms with van der Waals surface area (Å²) in [5.41, 5.74) is 3.12. The topological polar surface area (TPSA) is 43.4 Å². The van der Waals surface area contributed by atoms with Crippen molar-refractivity contribution in [3.63, 3.8) is 0 Å². The molecule has 4 rings (SSSR count). The number of benzene rings is 3. The van der Waals surface area contributed by atoms with E-state index in [1.54, 1.807) is 18.2 Å². The van der Waals surface area contributed by atoms with Gasteiger partial charge in [-0.2, -0.15) is 8.42 Å². The van der Waals surface area contributed by atoms with Crippen LogP contribution in [0.15, 0.2) is 41.3 Å². The third-order valence-electron chi connectivity index (χ3n) is 4.19. The second-order valence-electron chi connectivity index (χ2n) is 5.82. The average Bonchev–Trinajstić information content (AvgIpc) is 2.68. The zero-order valence-electron chi connectivity index (χ0n) is 13.7. The molecule has 3 aromatic carbocycles.